The zero-order chi connectivity index (χ0) is 12.5. The van der Waals surface area contributed by atoms with Crippen molar-refractivity contribution in [3.63, 3.8) is 0 Å². The lowest BCUT2D eigenvalue weighted by Gasteiger charge is -2.23. The molecule has 0 unspecified atom stereocenters. The lowest BCUT2D eigenvalue weighted by atomic mass is 10.0. The summed E-state index contributed by atoms with van der Waals surface area (Å²) in [5.74, 6) is 0.602. The first-order chi connectivity index (χ1) is 7.21. The Morgan fingerprint density at radius 1 is 1.44 bits per heavy atom. The Labute approximate surface area is 97.8 Å². The van der Waals surface area contributed by atoms with Crippen LogP contribution in [0.2, 0.25) is 0 Å². The fourth-order valence-electron chi connectivity index (χ4n) is 1.74. The highest BCUT2D eigenvalue weighted by atomic mass is 16.1. The fourth-order valence-corrected chi connectivity index (χ4v) is 1.74. The van der Waals surface area contributed by atoms with Crippen molar-refractivity contribution in [2.45, 2.75) is 53.5 Å². The van der Waals surface area contributed by atoms with Crippen molar-refractivity contribution < 1.29 is 4.79 Å². The van der Waals surface area contributed by atoms with E-state index in [1.165, 1.54) is 0 Å². The summed E-state index contributed by atoms with van der Waals surface area (Å²) >= 11 is 0. The van der Waals surface area contributed by atoms with Crippen molar-refractivity contribution in [2.75, 3.05) is 0 Å². The molecule has 0 radical (unpaired) electrons. The molecular formula is C13H22N2O. The van der Waals surface area contributed by atoms with Crippen LogP contribution in [0, 0.1) is 5.92 Å². The summed E-state index contributed by atoms with van der Waals surface area (Å²) in [6.45, 7) is 12.2. The summed E-state index contributed by atoms with van der Waals surface area (Å²) in [6.07, 6.45) is 0.956. The molecule has 0 bridgehead atoms. The van der Waals surface area contributed by atoms with E-state index in [2.05, 4.69) is 39.7 Å². The van der Waals surface area contributed by atoms with Gasteiger partial charge in [-0.2, -0.15) is 5.10 Å². The van der Waals surface area contributed by atoms with Crippen LogP contribution in [0.3, 0.4) is 0 Å². The molecule has 0 atom stereocenters. The van der Waals surface area contributed by atoms with E-state index in [4.69, 9.17) is 0 Å². The number of carbonyl (C=O) groups excluding carboxylic acids is 1. The van der Waals surface area contributed by atoms with Crippen molar-refractivity contribution in [1.82, 2.24) is 9.78 Å². The monoisotopic (exact) mass is 222 g/mol. The van der Waals surface area contributed by atoms with Gasteiger partial charge in [0.25, 0.3) is 0 Å². The Morgan fingerprint density at radius 3 is 2.38 bits per heavy atom. The van der Waals surface area contributed by atoms with Gasteiger partial charge in [0, 0.05) is 12.6 Å². The molecule has 0 N–H and O–H groups in total. The zero-order valence-electron chi connectivity index (χ0n) is 11.2. The number of rotatable bonds is 3. The molecule has 0 saturated carbocycles. The van der Waals surface area contributed by atoms with Gasteiger partial charge in [-0.05, 0) is 39.2 Å². The highest BCUT2D eigenvalue weighted by Gasteiger charge is 2.21. The van der Waals surface area contributed by atoms with Crippen molar-refractivity contribution in [2.24, 2.45) is 5.92 Å². The minimum atomic E-state index is -0.0715. The Balaban J connectivity index is 3.18. The average Bonchev–Trinajstić information content (AvgIpc) is 2.45. The number of Topliss-reactive ketones (excluding diaryl/α,β-unsaturated/α-hetero) is 1. The summed E-state index contributed by atoms with van der Waals surface area (Å²) in [7, 11) is 0. The second-order valence-electron chi connectivity index (χ2n) is 5.76. The first-order valence-corrected chi connectivity index (χ1v) is 5.82. The molecule has 0 aliphatic carbocycles. The second kappa shape index (κ2) is 4.40. The summed E-state index contributed by atoms with van der Waals surface area (Å²) in [5.41, 5.74) is 1.65. The molecule has 0 aliphatic heterocycles. The van der Waals surface area contributed by atoms with Crippen molar-refractivity contribution in [1.29, 1.82) is 0 Å². The molecule has 3 nitrogen and oxygen atoms in total. The van der Waals surface area contributed by atoms with E-state index in [1.54, 1.807) is 6.92 Å². The smallest absolute Gasteiger partial charge is 0.179 e. The predicted octanol–water partition coefficient (Wildman–Crippen LogP) is 3.04. The number of hydrogen-bond acceptors (Lipinski definition) is 2. The van der Waals surface area contributed by atoms with Gasteiger partial charge in [-0.25, -0.2) is 0 Å². The maximum absolute atomic E-state index is 11.3. The molecule has 0 spiro atoms. The Hall–Kier alpha value is -1.12. The van der Waals surface area contributed by atoms with E-state index >= 15 is 0 Å². The first kappa shape index (κ1) is 12.9. The van der Waals surface area contributed by atoms with E-state index in [0.717, 1.165) is 12.1 Å². The molecule has 16 heavy (non-hydrogen) atoms. The fraction of sp³-hybridized carbons (Fsp3) is 0.692. The number of aromatic nitrogens is 2. The summed E-state index contributed by atoms with van der Waals surface area (Å²) in [6, 6.07) is 1.92. The van der Waals surface area contributed by atoms with Crippen LogP contribution in [-0.4, -0.2) is 15.6 Å². The second-order valence-corrected chi connectivity index (χ2v) is 5.76. The molecule has 1 aromatic heterocycles. The van der Waals surface area contributed by atoms with Gasteiger partial charge < -0.3 is 0 Å². The van der Waals surface area contributed by atoms with Gasteiger partial charge in [0.15, 0.2) is 5.78 Å². The highest BCUT2D eigenvalue weighted by Crippen LogP contribution is 2.20. The highest BCUT2D eigenvalue weighted by molar-refractivity contribution is 5.92. The van der Waals surface area contributed by atoms with Gasteiger partial charge in [-0.3, -0.25) is 9.48 Å². The van der Waals surface area contributed by atoms with Gasteiger partial charge in [-0.15, -0.1) is 0 Å². The van der Waals surface area contributed by atoms with Crippen LogP contribution >= 0.6 is 0 Å². The molecular weight excluding hydrogens is 200 g/mol. The Morgan fingerprint density at radius 2 is 2.00 bits per heavy atom. The molecule has 1 rings (SSSR count). The van der Waals surface area contributed by atoms with E-state index in [1.807, 2.05) is 10.7 Å². The number of ketones is 1. The molecule has 0 aliphatic rings. The normalized spacial score (nSPS) is 12.2. The summed E-state index contributed by atoms with van der Waals surface area (Å²) in [4.78, 5) is 11.3. The average molecular weight is 222 g/mol. The molecule has 0 amide bonds. The van der Waals surface area contributed by atoms with Crippen LogP contribution in [-0.2, 0) is 12.0 Å². The van der Waals surface area contributed by atoms with Gasteiger partial charge in [-0.1, -0.05) is 13.8 Å². The van der Waals surface area contributed by atoms with Gasteiger partial charge in [0.1, 0.15) is 5.69 Å². The topological polar surface area (TPSA) is 34.9 Å². The minimum absolute atomic E-state index is 0.0352. The molecule has 1 aromatic rings. The van der Waals surface area contributed by atoms with Gasteiger partial charge in [0.05, 0.1) is 5.54 Å². The third-order valence-electron chi connectivity index (χ3n) is 2.40. The quantitative estimate of drug-likeness (QED) is 0.737. The van der Waals surface area contributed by atoms with E-state index in [9.17, 15) is 4.79 Å². The van der Waals surface area contributed by atoms with Crippen molar-refractivity contribution in [3.8, 4) is 0 Å². The van der Waals surface area contributed by atoms with Crippen molar-refractivity contribution >= 4 is 5.78 Å². The van der Waals surface area contributed by atoms with E-state index in [-0.39, 0.29) is 11.3 Å². The van der Waals surface area contributed by atoms with Crippen LogP contribution in [0.1, 0.15) is 57.7 Å². The van der Waals surface area contributed by atoms with Crippen LogP contribution < -0.4 is 0 Å². The van der Waals surface area contributed by atoms with Crippen LogP contribution in [0.15, 0.2) is 6.07 Å². The van der Waals surface area contributed by atoms with Crippen LogP contribution in [0.25, 0.3) is 0 Å². The first-order valence-electron chi connectivity index (χ1n) is 5.82. The van der Waals surface area contributed by atoms with Crippen molar-refractivity contribution in [3.05, 3.63) is 17.5 Å². The lowest BCUT2D eigenvalue weighted by molar-refractivity contribution is 0.101. The maximum Gasteiger partial charge on any atom is 0.179 e. The zero-order valence-corrected chi connectivity index (χ0v) is 11.2. The molecule has 0 saturated heterocycles. The SMILES string of the molecule is CC(=O)c1cc(CC(C)C)n(C(C)(C)C)n1. The Bertz CT molecular complexity index is 383. The largest absolute Gasteiger partial charge is 0.293 e. The third kappa shape index (κ3) is 2.94. The molecule has 0 aromatic carbocycles. The minimum Gasteiger partial charge on any atom is -0.293 e. The van der Waals surface area contributed by atoms with Gasteiger partial charge in [0.2, 0.25) is 0 Å². The van der Waals surface area contributed by atoms with E-state index < -0.39 is 0 Å². The van der Waals surface area contributed by atoms with Crippen LogP contribution in [0.4, 0.5) is 0 Å². The molecule has 1 heterocycles. The molecule has 0 fully saturated rings. The maximum atomic E-state index is 11.3. The van der Waals surface area contributed by atoms with Gasteiger partial charge >= 0.3 is 0 Å². The molecule has 90 valence electrons. The summed E-state index contributed by atoms with van der Waals surface area (Å²) in [5, 5.41) is 4.40. The summed E-state index contributed by atoms with van der Waals surface area (Å²) < 4.78 is 1.98. The predicted molar refractivity (Wildman–Crippen MR) is 65.8 cm³/mol. The lowest BCUT2D eigenvalue weighted by Crippen LogP contribution is -2.26. The number of hydrogen-bond donors (Lipinski definition) is 0. The molecule has 3 heteroatoms. The number of nitrogens with zero attached hydrogens (tertiary/aromatic N) is 2. The van der Waals surface area contributed by atoms with E-state index in [0.29, 0.717) is 11.6 Å². The number of carbonyl (C=O) groups is 1. The standard InChI is InChI=1S/C13H22N2O/c1-9(2)7-11-8-12(10(3)16)14-15(11)13(4,5)6/h8-9H,7H2,1-6H3. The van der Waals surface area contributed by atoms with Crippen LogP contribution in [0.5, 0.6) is 0 Å². The Kier molecular flexibility index (Phi) is 3.56. The third-order valence-corrected chi connectivity index (χ3v) is 2.40.